The Morgan fingerprint density at radius 2 is 2.00 bits per heavy atom. The van der Waals surface area contributed by atoms with E-state index in [2.05, 4.69) is 21.4 Å². The van der Waals surface area contributed by atoms with Crippen LogP contribution in [0.25, 0.3) is 0 Å². The summed E-state index contributed by atoms with van der Waals surface area (Å²) >= 11 is 0. The zero-order chi connectivity index (χ0) is 11.7. The van der Waals surface area contributed by atoms with E-state index < -0.39 is 0 Å². The van der Waals surface area contributed by atoms with Crippen molar-refractivity contribution in [2.24, 2.45) is 0 Å². The SMILES string of the molecule is CCn1ccnc1N1CCC2(CC1)OCCO2. The Kier molecular flexibility index (Phi) is 2.80. The van der Waals surface area contributed by atoms with Crippen LogP contribution < -0.4 is 4.90 Å². The summed E-state index contributed by atoms with van der Waals surface area (Å²) < 4.78 is 13.6. The summed E-state index contributed by atoms with van der Waals surface area (Å²) in [6, 6.07) is 0. The van der Waals surface area contributed by atoms with Crippen molar-refractivity contribution in [3.8, 4) is 0 Å². The monoisotopic (exact) mass is 237 g/mol. The van der Waals surface area contributed by atoms with Crippen molar-refractivity contribution in [3.05, 3.63) is 12.4 Å². The van der Waals surface area contributed by atoms with E-state index in [0.717, 1.165) is 51.6 Å². The van der Waals surface area contributed by atoms with Crippen molar-refractivity contribution >= 4 is 5.95 Å². The molecule has 0 unspecified atom stereocenters. The molecule has 0 aromatic carbocycles. The van der Waals surface area contributed by atoms with Crippen LogP contribution in [0.4, 0.5) is 5.95 Å². The van der Waals surface area contributed by atoms with E-state index in [0.29, 0.717) is 0 Å². The van der Waals surface area contributed by atoms with Gasteiger partial charge in [-0.25, -0.2) is 4.98 Å². The van der Waals surface area contributed by atoms with Crippen LogP contribution in [0.15, 0.2) is 12.4 Å². The molecular weight excluding hydrogens is 218 g/mol. The van der Waals surface area contributed by atoms with Crippen LogP contribution >= 0.6 is 0 Å². The summed E-state index contributed by atoms with van der Waals surface area (Å²) in [7, 11) is 0. The van der Waals surface area contributed by atoms with Crippen molar-refractivity contribution < 1.29 is 9.47 Å². The van der Waals surface area contributed by atoms with Crippen molar-refractivity contribution in [3.63, 3.8) is 0 Å². The molecule has 94 valence electrons. The van der Waals surface area contributed by atoms with Crippen LogP contribution in [-0.2, 0) is 16.0 Å². The number of ether oxygens (including phenoxy) is 2. The van der Waals surface area contributed by atoms with Crippen LogP contribution in [0.1, 0.15) is 19.8 Å². The first-order valence-electron chi connectivity index (χ1n) is 6.37. The lowest BCUT2D eigenvalue weighted by Crippen LogP contribution is -2.46. The molecule has 0 radical (unpaired) electrons. The van der Waals surface area contributed by atoms with Gasteiger partial charge in [0.1, 0.15) is 0 Å². The second-order valence-electron chi connectivity index (χ2n) is 4.61. The average molecular weight is 237 g/mol. The third kappa shape index (κ3) is 1.93. The molecule has 0 aliphatic carbocycles. The number of piperidine rings is 1. The lowest BCUT2D eigenvalue weighted by atomic mass is 10.0. The molecule has 2 aliphatic rings. The van der Waals surface area contributed by atoms with E-state index in [9.17, 15) is 0 Å². The first kappa shape index (κ1) is 11.0. The summed E-state index contributed by atoms with van der Waals surface area (Å²) in [5, 5.41) is 0. The van der Waals surface area contributed by atoms with Gasteiger partial charge in [0.05, 0.1) is 13.2 Å². The zero-order valence-corrected chi connectivity index (χ0v) is 10.3. The smallest absolute Gasteiger partial charge is 0.205 e. The number of nitrogens with zero attached hydrogens (tertiary/aromatic N) is 3. The molecule has 0 saturated carbocycles. The third-order valence-corrected chi connectivity index (χ3v) is 3.66. The van der Waals surface area contributed by atoms with Gasteiger partial charge in [0.2, 0.25) is 5.95 Å². The van der Waals surface area contributed by atoms with E-state index in [1.165, 1.54) is 0 Å². The minimum Gasteiger partial charge on any atom is -0.347 e. The average Bonchev–Trinajstić information content (AvgIpc) is 3.00. The molecule has 3 rings (SSSR count). The number of anilines is 1. The van der Waals surface area contributed by atoms with E-state index >= 15 is 0 Å². The quantitative estimate of drug-likeness (QED) is 0.776. The second-order valence-corrected chi connectivity index (χ2v) is 4.61. The standard InChI is InChI=1S/C12H19N3O2/c1-2-14-8-5-13-11(14)15-6-3-12(4-7-15)16-9-10-17-12/h5,8H,2-4,6-7,9-10H2,1H3. The Balaban J connectivity index is 1.68. The van der Waals surface area contributed by atoms with E-state index in [1.54, 1.807) is 0 Å². The van der Waals surface area contributed by atoms with Crippen molar-refractivity contribution in [2.75, 3.05) is 31.2 Å². The molecule has 1 aromatic rings. The Morgan fingerprint density at radius 1 is 1.29 bits per heavy atom. The molecule has 0 amide bonds. The van der Waals surface area contributed by atoms with Crippen molar-refractivity contribution in [1.82, 2.24) is 9.55 Å². The Hall–Kier alpha value is -1.07. The maximum atomic E-state index is 5.73. The molecule has 2 saturated heterocycles. The van der Waals surface area contributed by atoms with Gasteiger partial charge in [0.25, 0.3) is 0 Å². The number of aromatic nitrogens is 2. The van der Waals surface area contributed by atoms with Gasteiger partial charge in [-0.15, -0.1) is 0 Å². The Morgan fingerprint density at radius 3 is 2.65 bits per heavy atom. The van der Waals surface area contributed by atoms with Crippen LogP contribution in [0.5, 0.6) is 0 Å². The topological polar surface area (TPSA) is 39.5 Å². The fraction of sp³-hybridized carbons (Fsp3) is 0.750. The summed E-state index contributed by atoms with van der Waals surface area (Å²) in [4.78, 5) is 6.75. The fourth-order valence-corrected chi connectivity index (χ4v) is 2.66. The molecule has 1 spiro atoms. The highest BCUT2D eigenvalue weighted by atomic mass is 16.7. The Labute approximate surface area is 101 Å². The van der Waals surface area contributed by atoms with Gasteiger partial charge in [0.15, 0.2) is 5.79 Å². The van der Waals surface area contributed by atoms with E-state index in [1.807, 2.05) is 12.4 Å². The summed E-state index contributed by atoms with van der Waals surface area (Å²) in [5.74, 6) is 0.778. The molecule has 3 heterocycles. The summed E-state index contributed by atoms with van der Waals surface area (Å²) in [6.45, 7) is 6.49. The maximum absolute atomic E-state index is 5.73. The number of hydrogen-bond acceptors (Lipinski definition) is 4. The van der Waals surface area contributed by atoms with E-state index in [-0.39, 0.29) is 5.79 Å². The molecule has 2 fully saturated rings. The molecular formula is C12H19N3O2. The minimum absolute atomic E-state index is 0.292. The number of imidazole rings is 1. The summed E-state index contributed by atoms with van der Waals surface area (Å²) in [5.41, 5.74) is 0. The molecule has 0 atom stereocenters. The number of rotatable bonds is 2. The second kappa shape index (κ2) is 4.31. The first-order chi connectivity index (χ1) is 8.33. The fourth-order valence-electron chi connectivity index (χ4n) is 2.66. The maximum Gasteiger partial charge on any atom is 0.205 e. The first-order valence-corrected chi connectivity index (χ1v) is 6.37. The molecule has 0 bridgehead atoms. The van der Waals surface area contributed by atoms with Gasteiger partial charge in [-0.2, -0.15) is 0 Å². The van der Waals surface area contributed by atoms with Crippen LogP contribution in [-0.4, -0.2) is 41.6 Å². The molecule has 2 aliphatic heterocycles. The number of aryl methyl sites for hydroxylation is 1. The largest absolute Gasteiger partial charge is 0.347 e. The molecule has 17 heavy (non-hydrogen) atoms. The number of hydrogen-bond donors (Lipinski definition) is 0. The highest BCUT2D eigenvalue weighted by Crippen LogP contribution is 2.32. The van der Waals surface area contributed by atoms with Crippen molar-refractivity contribution in [2.45, 2.75) is 32.1 Å². The Bertz CT molecular complexity index is 375. The highest BCUT2D eigenvalue weighted by Gasteiger charge is 2.40. The van der Waals surface area contributed by atoms with Crippen LogP contribution in [0.3, 0.4) is 0 Å². The minimum atomic E-state index is -0.292. The van der Waals surface area contributed by atoms with Gasteiger partial charge < -0.3 is 18.9 Å². The predicted molar refractivity (Wildman–Crippen MR) is 64.0 cm³/mol. The molecule has 5 nitrogen and oxygen atoms in total. The normalized spacial score (nSPS) is 23.5. The van der Waals surface area contributed by atoms with E-state index in [4.69, 9.17) is 9.47 Å². The van der Waals surface area contributed by atoms with Crippen molar-refractivity contribution in [1.29, 1.82) is 0 Å². The highest BCUT2D eigenvalue weighted by molar-refractivity contribution is 5.32. The van der Waals surface area contributed by atoms with Gasteiger partial charge in [-0.3, -0.25) is 0 Å². The van der Waals surface area contributed by atoms with Gasteiger partial charge in [-0.05, 0) is 6.92 Å². The lowest BCUT2D eigenvalue weighted by molar-refractivity contribution is -0.169. The van der Waals surface area contributed by atoms with Crippen LogP contribution in [0, 0.1) is 0 Å². The van der Waals surface area contributed by atoms with Gasteiger partial charge in [0, 0.05) is 44.9 Å². The zero-order valence-electron chi connectivity index (χ0n) is 10.3. The van der Waals surface area contributed by atoms with Gasteiger partial charge in [-0.1, -0.05) is 0 Å². The third-order valence-electron chi connectivity index (χ3n) is 3.66. The predicted octanol–water partition coefficient (Wildman–Crippen LogP) is 1.25. The molecule has 1 aromatic heterocycles. The molecule has 0 N–H and O–H groups in total. The molecule has 5 heteroatoms. The van der Waals surface area contributed by atoms with Gasteiger partial charge >= 0.3 is 0 Å². The lowest BCUT2D eigenvalue weighted by Gasteiger charge is -2.38. The van der Waals surface area contributed by atoms with Crippen LogP contribution in [0.2, 0.25) is 0 Å². The summed E-state index contributed by atoms with van der Waals surface area (Å²) in [6.07, 6.45) is 5.77.